The highest BCUT2D eigenvalue weighted by Crippen LogP contribution is 2.30. The summed E-state index contributed by atoms with van der Waals surface area (Å²) < 4.78 is 20.6. The first-order valence-electron chi connectivity index (χ1n) is 7.25. The predicted octanol–water partition coefficient (Wildman–Crippen LogP) is 3.67. The van der Waals surface area contributed by atoms with Crippen molar-refractivity contribution in [3.05, 3.63) is 41.7 Å². The molecule has 1 unspecified atom stereocenters. The topological polar surface area (TPSA) is 64.9 Å². The molecular weight excluding hydrogens is 321 g/mol. The van der Waals surface area contributed by atoms with E-state index in [1.807, 2.05) is 4.57 Å². The number of hydrogen-bond acceptors (Lipinski definition) is 5. The average Bonchev–Trinajstić information content (AvgIpc) is 3.18. The molecule has 4 rings (SSSR count). The van der Waals surface area contributed by atoms with Gasteiger partial charge in [0.1, 0.15) is 12.0 Å². The summed E-state index contributed by atoms with van der Waals surface area (Å²) in [6.45, 7) is 0.726. The number of imidazole rings is 1. The van der Waals surface area contributed by atoms with Gasteiger partial charge in [-0.2, -0.15) is 9.97 Å². The van der Waals surface area contributed by atoms with Crippen LogP contribution in [0.1, 0.15) is 19.1 Å². The van der Waals surface area contributed by atoms with Crippen molar-refractivity contribution in [2.45, 2.75) is 19.1 Å². The highest BCUT2D eigenvalue weighted by Gasteiger charge is 2.22. The van der Waals surface area contributed by atoms with Crippen molar-refractivity contribution >= 4 is 34.3 Å². The van der Waals surface area contributed by atoms with Gasteiger partial charge in [-0.15, -0.1) is 0 Å². The van der Waals surface area contributed by atoms with Gasteiger partial charge in [0.15, 0.2) is 17.0 Å². The SMILES string of the molecule is Fc1ccc(Nc2nc(Cl)nc3c2ncn3C2CCCO2)cc1. The zero-order valence-corrected chi connectivity index (χ0v) is 12.8. The summed E-state index contributed by atoms with van der Waals surface area (Å²) in [6.07, 6.45) is 3.52. The van der Waals surface area contributed by atoms with E-state index in [2.05, 4.69) is 20.3 Å². The van der Waals surface area contributed by atoms with Crippen molar-refractivity contribution in [1.82, 2.24) is 19.5 Å². The van der Waals surface area contributed by atoms with E-state index in [0.29, 0.717) is 22.7 Å². The molecule has 1 atom stereocenters. The standard InChI is InChI=1S/C15H13ClFN5O/c16-15-20-13(19-10-5-3-9(17)4-6-10)12-14(21-15)22(8-18-12)11-2-1-7-23-11/h3-6,8,11H,1-2,7H2,(H,19,20,21). The second kappa shape index (κ2) is 5.75. The Balaban J connectivity index is 1.75. The summed E-state index contributed by atoms with van der Waals surface area (Å²) in [5.41, 5.74) is 1.89. The van der Waals surface area contributed by atoms with Crippen LogP contribution in [-0.2, 0) is 4.74 Å². The minimum atomic E-state index is -0.302. The molecule has 0 radical (unpaired) electrons. The van der Waals surface area contributed by atoms with E-state index in [4.69, 9.17) is 16.3 Å². The van der Waals surface area contributed by atoms with Crippen molar-refractivity contribution in [3.8, 4) is 0 Å². The number of rotatable bonds is 3. The van der Waals surface area contributed by atoms with E-state index in [1.54, 1.807) is 18.5 Å². The third-order valence-electron chi connectivity index (χ3n) is 3.72. The number of aromatic nitrogens is 4. The highest BCUT2D eigenvalue weighted by molar-refractivity contribution is 6.28. The lowest BCUT2D eigenvalue weighted by molar-refractivity contribution is 0.0593. The number of fused-ring (bicyclic) bond motifs is 1. The maximum absolute atomic E-state index is 13.0. The number of hydrogen-bond donors (Lipinski definition) is 1. The Kier molecular flexibility index (Phi) is 3.59. The van der Waals surface area contributed by atoms with Crippen LogP contribution in [0.5, 0.6) is 0 Å². The van der Waals surface area contributed by atoms with Crippen LogP contribution in [0.4, 0.5) is 15.9 Å². The van der Waals surface area contributed by atoms with Gasteiger partial charge in [0.2, 0.25) is 5.28 Å². The van der Waals surface area contributed by atoms with Crippen LogP contribution < -0.4 is 5.32 Å². The second-order valence-electron chi connectivity index (χ2n) is 5.26. The first-order chi connectivity index (χ1) is 11.2. The molecular formula is C15H13ClFN5O. The molecule has 0 aliphatic carbocycles. The van der Waals surface area contributed by atoms with E-state index in [-0.39, 0.29) is 17.3 Å². The van der Waals surface area contributed by atoms with Crippen molar-refractivity contribution in [2.75, 3.05) is 11.9 Å². The first-order valence-corrected chi connectivity index (χ1v) is 7.63. The summed E-state index contributed by atoms with van der Waals surface area (Å²) in [5.74, 6) is 0.174. The quantitative estimate of drug-likeness (QED) is 0.741. The van der Waals surface area contributed by atoms with Crippen LogP contribution in [0.2, 0.25) is 5.28 Å². The van der Waals surface area contributed by atoms with Crippen LogP contribution in [0.3, 0.4) is 0 Å². The number of benzene rings is 1. The van der Waals surface area contributed by atoms with Gasteiger partial charge in [-0.1, -0.05) is 0 Å². The summed E-state index contributed by atoms with van der Waals surface area (Å²) in [6, 6.07) is 5.98. The minimum Gasteiger partial charge on any atom is -0.358 e. The normalized spacial score (nSPS) is 17.7. The third kappa shape index (κ3) is 2.73. The van der Waals surface area contributed by atoms with E-state index in [0.717, 1.165) is 19.4 Å². The highest BCUT2D eigenvalue weighted by atomic mass is 35.5. The molecule has 8 heteroatoms. The zero-order valence-electron chi connectivity index (χ0n) is 12.0. The maximum Gasteiger partial charge on any atom is 0.226 e. The molecule has 1 aromatic carbocycles. The summed E-state index contributed by atoms with van der Waals surface area (Å²) in [5, 5.41) is 3.21. The van der Waals surface area contributed by atoms with Gasteiger partial charge < -0.3 is 10.1 Å². The van der Waals surface area contributed by atoms with Crippen molar-refractivity contribution in [3.63, 3.8) is 0 Å². The molecule has 3 heterocycles. The molecule has 0 spiro atoms. The Morgan fingerprint density at radius 1 is 1.26 bits per heavy atom. The van der Waals surface area contributed by atoms with Gasteiger partial charge in [-0.3, -0.25) is 4.57 Å². The second-order valence-corrected chi connectivity index (χ2v) is 5.60. The molecule has 118 valence electrons. The van der Waals surface area contributed by atoms with Crippen LogP contribution in [0.15, 0.2) is 30.6 Å². The molecule has 3 aromatic rings. The Hall–Kier alpha value is -2.25. The fourth-order valence-electron chi connectivity index (χ4n) is 2.64. The van der Waals surface area contributed by atoms with Crippen LogP contribution in [0, 0.1) is 5.82 Å². The molecule has 1 aliphatic rings. The largest absolute Gasteiger partial charge is 0.358 e. The molecule has 0 saturated carbocycles. The van der Waals surface area contributed by atoms with E-state index < -0.39 is 0 Å². The van der Waals surface area contributed by atoms with Crippen LogP contribution in [0.25, 0.3) is 11.2 Å². The molecule has 1 saturated heterocycles. The molecule has 23 heavy (non-hydrogen) atoms. The number of anilines is 2. The Morgan fingerprint density at radius 3 is 2.83 bits per heavy atom. The van der Waals surface area contributed by atoms with Crippen LogP contribution in [-0.4, -0.2) is 26.1 Å². The monoisotopic (exact) mass is 333 g/mol. The number of nitrogens with zero attached hydrogens (tertiary/aromatic N) is 4. The molecule has 1 N–H and O–H groups in total. The third-order valence-corrected chi connectivity index (χ3v) is 3.89. The molecule has 1 fully saturated rings. The van der Waals surface area contributed by atoms with Gasteiger partial charge in [-0.25, -0.2) is 9.37 Å². The minimum absolute atomic E-state index is 0.0790. The molecule has 2 aromatic heterocycles. The lowest BCUT2D eigenvalue weighted by Crippen LogP contribution is -2.07. The smallest absolute Gasteiger partial charge is 0.226 e. The van der Waals surface area contributed by atoms with Gasteiger partial charge in [-0.05, 0) is 48.7 Å². The van der Waals surface area contributed by atoms with E-state index >= 15 is 0 Å². The van der Waals surface area contributed by atoms with Crippen LogP contribution >= 0.6 is 11.6 Å². The van der Waals surface area contributed by atoms with E-state index in [1.165, 1.54) is 12.1 Å². The summed E-state index contributed by atoms with van der Waals surface area (Å²) >= 11 is 6.05. The van der Waals surface area contributed by atoms with Gasteiger partial charge in [0, 0.05) is 12.3 Å². The Bertz CT molecular complexity index is 845. The molecule has 1 aliphatic heterocycles. The maximum atomic E-state index is 13.0. The summed E-state index contributed by atoms with van der Waals surface area (Å²) in [4.78, 5) is 12.8. The average molecular weight is 334 g/mol. The lowest BCUT2D eigenvalue weighted by atomic mass is 10.3. The predicted molar refractivity (Wildman–Crippen MR) is 84.2 cm³/mol. The van der Waals surface area contributed by atoms with E-state index in [9.17, 15) is 4.39 Å². The molecule has 0 amide bonds. The zero-order chi connectivity index (χ0) is 15.8. The number of nitrogens with one attached hydrogen (secondary N) is 1. The molecule has 0 bridgehead atoms. The fraction of sp³-hybridized carbons (Fsp3) is 0.267. The molecule has 6 nitrogen and oxygen atoms in total. The van der Waals surface area contributed by atoms with Crippen molar-refractivity contribution < 1.29 is 9.13 Å². The van der Waals surface area contributed by atoms with Crippen molar-refractivity contribution in [2.24, 2.45) is 0 Å². The summed E-state index contributed by atoms with van der Waals surface area (Å²) in [7, 11) is 0. The van der Waals surface area contributed by atoms with Crippen molar-refractivity contribution in [1.29, 1.82) is 0 Å². The number of ether oxygens (including phenoxy) is 1. The number of halogens is 2. The Labute approximate surface area is 136 Å². The lowest BCUT2D eigenvalue weighted by Gasteiger charge is -2.12. The Morgan fingerprint density at radius 2 is 2.09 bits per heavy atom. The van der Waals surface area contributed by atoms with Gasteiger partial charge in [0.05, 0.1) is 6.33 Å². The van der Waals surface area contributed by atoms with Gasteiger partial charge >= 0.3 is 0 Å². The van der Waals surface area contributed by atoms with Gasteiger partial charge in [0.25, 0.3) is 0 Å². The fourth-order valence-corrected chi connectivity index (χ4v) is 2.80. The first kappa shape index (κ1) is 14.3.